The van der Waals surface area contributed by atoms with E-state index in [2.05, 4.69) is 21.3 Å². The summed E-state index contributed by atoms with van der Waals surface area (Å²) in [5.41, 5.74) is 1.54. The molecule has 0 aliphatic carbocycles. The minimum atomic E-state index is 0.0774. The van der Waals surface area contributed by atoms with Gasteiger partial charge in [-0.1, -0.05) is 0 Å². The van der Waals surface area contributed by atoms with Crippen LogP contribution in [0.2, 0.25) is 0 Å². The molecule has 21 heavy (non-hydrogen) atoms. The summed E-state index contributed by atoms with van der Waals surface area (Å²) in [7, 11) is 4.07. The number of nitrogens with zero attached hydrogens (tertiary/aromatic N) is 5. The Morgan fingerprint density at radius 3 is 2.81 bits per heavy atom. The number of carbonyl (C=O) groups excluding carboxylic acids is 1. The van der Waals surface area contributed by atoms with Gasteiger partial charge in [-0.05, 0) is 25.5 Å². The van der Waals surface area contributed by atoms with Gasteiger partial charge in [0, 0.05) is 44.5 Å². The third-order valence-electron chi connectivity index (χ3n) is 4.07. The number of hydrogen-bond acceptors (Lipinski definition) is 5. The highest BCUT2D eigenvalue weighted by Crippen LogP contribution is 2.24. The number of hydrogen-bond donors (Lipinski definition) is 0. The van der Waals surface area contributed by atoms with E-state index in [-0.39, 0.29) is 11.9 Å². The van der Waals surface area contributed by atoms with Crippen LogP contribution in [-0.4, -0.2) is 56.3 Å². The molecule has 1 amide bonds. The third-order valence-corrected chi connectivity index (χ3v) is 4.79. The predicted molar refractivity (Wildman–Crippen MR) is 81.3 cm³/mol. The van der Waals surface area contributed by atoms with Crippen LogP contribution < -0.4 is 0 Å². The molecule has 1 fully saturated rings. The van der Waals surface area contributed by atoms with Crippen molar-refractivity contribution in [3.8, 4) is 0 Å². The first kappa shape index (κ1) is 14.2. The molecule has 1 saturated heterocycles. The molecule has 0 spiro atoms. The smallest absolute Gasteiger partial charge is 0.256 e. The Hall–Kier alpha value is -1.73. The fourth-order valence-electron chi connectivity index (χ4n) is 2.70. The second-order valence-corrected chi connectivity index (χ2v) is 6.09. The monoisotopic (exact) mass is 305 g/mol. The molecule has 0 N–H and O–H groups in total. The zero-order valence-corrected chi connectivity index (χ0v) is 13.3. The Kier molecular flexibility index (Phi) is 3.77. The maximum Gasteiger partial charge on any atom is 0.256 e. The van der Waals surface area contributed by atoms with E-state index < -0.39 is 0 Å². The fraction of sp³-hybridized carbons (Fsp3) is 0.500. The zero-order valence-electron chi connectivity index (χ0n) is 12.5. The number of likely N-dealkylation sites (N-methyl/N-ethyl adjacent to an activating group) is 1. The topological polar surface area (TPSA) is 54.3 Å². The van der Waals surface area contributed by atoms with E-state index >= 15 is 0 Å². The van der Waals surface area contributed by atoms with Crippen LogP contribution in [0.15, 0.2) is 17.8 Å². The Morgan fingerprint density at radius 1 is 1.38 bits per heavy atom. The molecule has 0 saturated carbocycles. The van der Waals surface area contributed by atoms with Gasteiger partial charge in [-0.15, -0.1) is 0 Å². The number of aryl methyl sites for hydroxylation is 2. The van der Waals surface area contributed by atoms with E-state index in [4.69, 9.17) is 0 Å². The van der Waals surface area contributed by atoms with Crippen molar-refractivity contribution < 1.29 is 4.79 Å². The van der Waals surface area contributed by atoms with Crippen molar-refractivity contribution in [3.05, 3.63) is 34.9 Å². The molecule has 112 valence electrons. The quantitative estimate of drug-likeness (QED) is 0.839. The van der Waals surface area contributed by atoms with E-state index in [1.807, 2.05) is 35.0 Å². The predicted octanol–water partition coefficient (Wildman–Crippen LogP) is 1.31. The van der Waals surface area contributed by atoms with E-state index in [9.17, 15) is 4.79 Å². The fourth-order valence-corrected chi connectivity index (χ4v) is 3.39. The van der Waals surface area contributed by atoms with Gasteiger partial charge in [0.25, 0.3) is 5.91 Å². The Morgan fingerprint density at radius 2 is 2.19 bits per heavy atom. The molecule has 1 aliphatic heterocycles. The molecule has 1 unspecified atom stereocenters. The van der Waals surface area contributed by atoms with Gasteiger partial charge in [0.2, 0.25) is 0 Å². The molecule has 1 atom stereocenters. The average Bonchev–Trinajstić information content (AvgIpc) is 3.07. The third kappa shape index (κ3) is 2.58. The average molecular weight is 305 g/mol. The lowest BCUT2D eigenvalue weighted by molar-refractivity contribution is 0.0528. The Labute approximate surface area is 128 Å². The van der Waals surface area contributed by atoms with Gasteiger partial charge in [0.05, 0.1) is 17.3 Å². The van der Waals surface area contributed by atoms with E-state index in [1.165, 1.54) is 11.5 Å². The highest BCUT2D eigenvalue weighted by molar-refractivity contribution is 7.03. The van der Waals surface area contributed by atoms with Crippen molar-refractivity contribution in [3.63, 3.8) is 0 Å². The number of rotatable bonds is 2. The minimum absolute atomic E-state index is 0.0774. The minimum Gasteiger partial charge on any atom is -0.337 e. The van der Waals surface area contributed by atoms with Crippen molar-refractivity contribution in [2.24, 2.45) is 7.05 Å². The summed E-state index contributed by atoms with van der Waals surface area (Å²) in [5, 5.41) is 1.84. The van der Waals surface area contributed by atoms with Crippen LogP contribution in [-0.2, 0) is 7.05 Å². The summed E-state index contributed by atoms with van der Waals surface area (Å²) in [5.74, 6) is 1.07. The Balaban J connectivity index is 1.82. The number of aromatic nitrogens is 3. The normalized spacial score (nSPS) is 20.0. The SMILES string of the molecule is Cc1nscc1C(=O)N1CCN(C)C(c2nccn2C)C1. The van der Waals surface area contributed by atoms with Gasteiger partial charge >= 0.3 is 0 Å². The number of amides is 1. The van der Waals surface area contributed by atoms with Crippen LogP contribution in [0.25, 0.3) is 0 Å². The molecule has 0 radical (unpaired) electrons. The maximum atomic E-state index is 12.6. The van der Waals surface area contributed by atoms with Crippen LogP contribution in [0, 0.1) is 6.92 Å². The molecule has 7 heteroatoms. The molecule has 2 aromatic heterocycles. The van der Waals surface area contributed by atoms with Crippen molar-refractivity contribution in [2.75, 3.05) is 26.7 Å². The van der Waals surface area contributed by atoms with Gasteiger partial charge in [0.15, 0.2) is 0 Å². The first-order chi connectivity index (χ1) is 10.1. The first-order valence-corrected chi connectivity index (χ1v) is 7.79. The number of piperazine rings is 1. The molecular weight excluding hydrogens is 286 g/mol. The van der Waals surface area contributed by atoms with Gasteiger partial charge in [-0.25, -0.2) is 4.98 Å². The molecule has 0 bridgehead atoms. The largest absolute Gasteiger partial charge is 0.337 e. The number of imidazole rings is 1. The molecule has 0 aromatic carbocycles. The second kappa shape index (κ2) is 5.57. The molecular formula is C14H19N5OS. The number of carbonyl (C=O) groups is 1. The summed E-state index contributed by atoms with van der Waals surface area (Å²) >= 11 is 1.34. The van der Waals surface area contributed by atoms with E-state index in [1.54, 1.807) is 6.20 Å². The van der Waals surface area contributed by atoms with Crippen LogP contribution in [0.5, 0.6) is 0 Å². The highest BCUT2D eigenvalue weighted by Gasteiger charge is 2.31. The van der Waals surface area contributed by atoms with E-state index in [0.717, 1.165) is 30.2 Å². The van der Waals surface area contributed by atoms with Crippen molar-refractivity contribution >= 4 is 17.4 Å². The van der Waals surface area contributed by atoms with E-state index in [0.29, 0.717) is 6.54 Å². The molecule has 1 aliphatic rings. The van der Waals surface area contributed by atoms with Crippen LogP contribution in [0.1, 0.15) is 27.9 Å². The Bertz CT molecular complexity index is 649. The van der Waals surface area contributed by atoms with Gasteiger partial charge in [-0.3, -0.25) is 9.69 Å². The summed E-state index contributed by atoms with van der Waals surface area (Å²) in [6, 6.07) is 0.134. The van der Waals surface area contributed by atoms with Gasteiger partial charge in [-0.2, -0.15) is 4.37 Å². The van der Waals surface area contributed by atoms with Gasteiger partial charge in [0.1, 0.15) is 5.82 Å². The lowest BCUT2D eigenvalue weighted by Gasteiger charge is -2.39. The lowest BCUT2D eigenvalue weighted by atomic mass is 10.1. The highest BCUT2D eigenvalue weighted by atomic mass is 32.1. The summed E-state index contributed by atoms with van der Waals surface area (Å²) < 4.78 is 6.22. The summed E-state index contributed by atoms with van der Waals surface area (Å²) in [6.07, 6.45) is 3.74. The first-order valence-electron chi connectivity index (χ1n) is 6.95. The molecule has 2 aromatic rings. The zero-order chi connectivity index (χ0) is 15.0. The maximum absolute atomic E-state index is 12.6. The van der Waals surface area contributed by atoms with Gasteiger partial charge < -0.3 is 9.47 Å². The summed E-state index contributed by atoms with van der Waals surface area (Å²) in [6.45, 7) is 4.14. The van der Waals surface area contributed by atoms with Crippen LogP contribution >= 0.6 is 11.5 Å². The molecule has 3 heterocycles. The van der Waals surface area contributed by atoms with Crippen LogP contribution in [0.4, 0.5) is 0 Å². The van der Waals surface area contributed by atoms with Crippen LogP contribution in [0.3, 0.4) is 0 Å². The van der Waals surface area contributed by atoms with Crippen molar-refractivity contribution in [1.82, 2.24) is 23.7 Å². The van der Waals surface area contributed by atoms with Crippen molar-refractivity contribution in [1.29, 1.82) is 0 Å². The summed E-state index contributed by atoms with van der Waals surface area (Å²) in [4.78, 5) is 21.2. The van der Waals surface area contributed by atoms with Crippen molar-refractivity contribution in [2.45, 2.75) is 13.0 Å². The standard InChI is InChI=1S/C14H19N5OS/c1-10-11(9-21-16-10)14(20)19-7-6-17(2)12(8-19)13-15-4-5-18(13)3/h4-5,9,12H,6-8H2,1-3H3. The lowest BCUT2D eigenvalue weighted by Crippen LogP contribution is -2.49. The molecule has 6 nitrogen and oxygen atoms in total. The second-order valence-electron chi connectivity index (χ2n) is 5.46. The molecule has 3 rings (SSSR count).